The van der Waals surface area contributed by atoms with Crippen molar-refractivity contribution in [1.29, 1.82) is 0 Å². The molecular weight excluding hydrogens is 300 g/mol. The molecule has 2 aromatic heterocycles. The fourth-order valence-electron chi connectivity index (χ4n) is 2.62. The first-order valence-corrected chi connectivity index (χ1v) is 7.79. The Hall–Kier alpha value is -3.02. The van der Waals surface area contributed by atoms with Crippen LogP contribution in [0.3, 0.4) is 0 Å². The molecule has 6 nitrogen and oxygen atoms in total. The van der Waals surface area contributed by atoms with Gasteiger partial charge < -0.3 is 10.6 Å². The van der Waals surface area contributed by atoms with Crippen molar-refractivity contribution < 1.29 is 0 Å². The Labute approximate surface area is 141 Å². The monoisotopic (exact) mass is 320 g/mol. The van der Waals surface area contributed by atoms with Crippen LogP contribution in [0.1, 0.15) is 22.3 Å². The van der Waals surface area contributed by atoms with Crippen LogP contribution in [-0.4, -0.2) is 20.2 Å². The van der Waals surface area contributed by atoms with Crippen LogP contribution in [0.15, 0.2) is 42.9 Å². The smallest absolute Gasteiger partial charge is 0.249 e. The van der Waals surface area contributed by atoms with Crippen molar-refractivity contribution >= 4 is 17.5 Å². The average molecular weight is 320 g/mol. The van der Waals surface area contributed by atoms with Gasteiger partial charge in [-0.2, -0.15) is 10.1 Å². The van der Waals surface area contributed by atoms with Gasteiger partial charge in [0.05, 0.1) is 6.20 Å². The fraction of sp³-hybridized carbons (Fsp3) is 0.222. The van der Waals surface area contributed by atoms with Gasteiger partial charge in [0.1, 0.15) is 0 Å². The van der Waals surface area contributed by atoms with Crippen molar-refractivity contribution in [3.8, 4) is 0 Å². The molecule has 0 aliphatic rings. The van der Waals surface area contributed by atoms with Gasteiger partial charge >= 0.3 is 0 Å². The number of nitrogens with zero attached hydrogens (tertiary/aromatic N) is 4. The molecule has 0 saturated heterocycles. The molecule has 122 valence electrons. The Morgan fingerprint density at radius 1 is 1.00 bits per heavy atom. The largest absolute Gasteiger partial charge is 0.365 e. The highest BCUT2D eigenvalue weighted by Crippen LogP contribution is 2.24. The van der Waals surface area contributed by atoms with Crippen LogP contribution in [0.4, 0.5) is 17.5 Å². The first-order valence-electron chi connectivity index (χ1n) is 7.79. The number of nitrogens with one attached hydrogen (secondary N) is 2. The summed E-state index contributed by atoms with van der Waals surface area (Å²) in [6, 6.07) is 8.18. The van der Waals surface area contributed by atoms with E-state index < -0.39 is 0 Å². The zero-order chi connectivity index (χ0) is 16.9. The summed E-state index contributed by atoms with van der Waals surface area (Å²) in [6.45, 7) is 6.89. The van der Waals surface area contributed by atoms with Crippen LogP contribution in [0.5, 0.6) is 0 Å². The maximum absolute atomic E-state index is 4.48. The maximum Gasteiger partial charge on any atom is 0.249 e. The zero-order valence-electron chi connectivity index (χ0n) is 14.0. The third-order valence-electron chi connectivity index (χ3n) is 3.70. The van der Waals surface area contributed by atoms with E-state index in [-0.39, 0.29) is 0 Å². The van der Waals surface area contributed by atoms with Crippen LogP contribution in [0.2, 0.25) is 0 Å². The molecule has 3 rings (SSSR count). The van der Waals surface area contributed by atoms with Gasteiger partial charge in [-0.3, -0.25) is 4.98 Å². The third kappa shape index (κ3) is 3.84. The van der Waals surface area contributed by atoms with E-state index in [4.69, 9.17) is 0 Å². The molecule has 24 heavy (non-hydrogen) atoms. The van der Waals surface area contributed by atoms with Gasteiger partial charge in [-0.05, 0) is 49.6 Å². The second kappa shape index (κ2) is 7.04. The molecule has 0 aliphatic heterocycles. The van der Waals surface area contributed by atoms with Crippen LogP contribution in [0, 0.1) is 20.8 Å². The van der Waals surface area contributed by atoms with E-state index in [0.29, 0.717) is 18.3 Å². The molecule has 0 atom stereocenters. The highest BCUT2D eigenvalue weighted by molar-refractivity contribution is 5.64. The molecule has 0 bridgehead atoms. The lowest BCUT2D eigenvalue weighted by Crippen LogP contribution is -2.07. The summed E-state index contributed by atoms with van der Waals surface area (Å²) >= 11 is 0. The standard InChI is InChI=1S/C18H20N6/c1-12-8-13(2)17(14(3)9-12)23-18-22-16(11-21-24-18)20-10-15-4-6-19-7-5-15/h4-9,11H,10H2,1-3H3,(H2,20,22,23,24). The summed E-state index contributed by atoms with van der Waals surface area (Å²) in [6.07, 6.45) is 5.15. The second-order valence-corrected chi connectivity index (χ2v) is 5.77. The van der Waals surface area contributed by atoms with Crippen molar-refractivity contribution in [2.45, 2.75) is 27.3 Å². The van der Waals surface area contributed by atoms with Gasteiger partial charge in [-0.15, -0.1) is 5.10 Å². The zero-order valence-corrected chi connectivity index (χ0v) is 14.0. The van der Waals surface area contributed by atoms with E-state index >= 15 is 0 Å². The van der Waals surface area contributed by atoms with Gasteiger partial charge in [0, 0.05) is 24.6 Å². The molecule has 0 saturated carbocycles. The lowest BCUT2D eigenvalue weighted by molar-refractivity contribution is 0.964. The van der Waals surface area contributed by atoms with E-state index in [9.17, 15) is 0 Å². The van der Waals surface area contributed by atoms with Crippen molar-refractivity contribution in [2.75, 3.05) is 10.6 Å². The Balaban J connectivity index is 1.74. The average Bonchev–Trinajstić information content (AvgIpc) is 2.58. The lowest BCUT2D eigenvalue weighted by Gasteiger charge is -2.13. The van der Waals surface area contributed by atoms with Crippen molar-refractivity contribution in [1.82, 2.24) is 20.2 Å². The van der Waals surface area contributed by atoms with Crippen LogP contribution < -0.4 is 10.6 Å². The Bertz CT molecular complexity index is 809. The number of benzene rings is 1. The third-order valence-corrected chi connectivity index (χ3v) is 3.70. The van der Waals surface area contributed by atoms with E-state index in [2.05, 4.69) is 63.7 Å². The van der Waals surface area contributed by atoms with Gasteiger partial charge in [-0.25, -0.2) is 0 Å². The molecule has 0 amide bonds. The van der Waals surface area contributed by atoms with E-state index in [1.165, 1.54) is 5.56 Å². The summed E-state index contributed by atoms with van der Waals surface area (Å²) in [5.74, 6) is 1.15. The Kier molecular flexibility index (Phi) is 4.65. The Morgan fingerprint density at radius 2 is 1.71 bits per heavy atom. The molecule has 6 heteroatoms. The van der Waals surface area contributed by atoms with Crippen molar-refractivity contribution in [3.63, 3.8) is 0 Å². The minimum absolute atomic E-state index is 0.477. The summed E-state index contributed by atoms with van der Waals surface area (Å²) in [4.78, 5) is 8.48. The molecular formula is C18H20N6. The number of hydrogen-bond donors (Lipinski definition) is 2. The number of aromatic nitrogens is 4. The minimum Gasteiger partial charge on any atom is -0.365 e. The fourth-order valence-corrected chi connectivity index (χ4v) is 2.62. The summed E-state index contributed by atoms with van der Waals surface area (Å²) in [5.41, 5.74) is 5.71. The summed E-state index contributed by atoms with van der Waals surface area (Å²) < 4.78 is 0. The quantitative estimate of drug-likeness (QED) is 0.749. The van der Waals surface area contributed by atoms with E-state index in [0.717, 1.165) is 22.4 Å². The van der Waals surface area contributed by atoms with E-state index in [1.807, 2.05) is 12.1 Å². The number of pyridine rings is 1. The SMILES string of the molecule is Cc1cc(C)c(Nc2nncc(NCc3ccncc3)n2)c(C)c1. The molecule has 0 spiro atoms. The van der Waals surface area contributed by atoms with Gasteiger partial charge in [0.25, 0.3) is 0 Å². The van der Waals surface area contributed by atoms with Crippen molar-refractivity contribution in [3.05, 3.63) is 65.1 Å². The topological polar surface area (TPSA) is 75.6 Å². The summed E-state index contributed by atoms with van der Waals surface area (Å²) in [5, 5.41) is 14.6. The predicted octanol–water partition coefficient (Wildman–Crippen LogP) is 3.55. The molecule has 2 heterocycles. The van der Waals surface area contributed by atoms with Gasteiger partial charge in [0.2, 0.25) is 5.95 Å². The van der Waals surface area contributed by atoms with Crippen LogP contribution in [0.25, 0.3) is 0 Å². The maximum atomic E-state index is 4.48. The van der Waals surface area contributed by atoms with Crippen LogP contribution >= 0.6 is 0 Å². The highest BCUT2D eigenvalue weighted by Gasteiger charge is 2.07. The normalized spacial score (nSPS) is 10.5. The number of rotatable bonds is 5. The first-order chi connectivity index (χ1) is 11.6. The van der Waals surface area contributed by atoms with E-state index in [1.54, 1.807) is 18.6 Å². The van der Waals surface area contributed by atoms with Gasteiger partial charge in [-0.1, -0.05) is 17.7 Å². The van der Waals surface area contributed by atoms with Crippen LogP contribution in [-0.2, 0) is 6.54 Å². The Morgan fingerprint density at radius 3 is 2.42 bits per heavy atom. The van der Waals surface area contributed by atoms with Crippen molar-refractivity contribution in [2.24, 2.45) is 0 Å². The van der Waals surface area contributed by atoms with Gasteiger partial charge in [0.15, 0.2) is 5.82 Å². The highest BCUT2D eigenvalue weighted by atomic mass is 15.3. The molecule has 0 radical (unpaired) electrons. The molecule has 0 unspecified atom stereocenters. The number of aryl methyl sites for hydroxylation is 3. The number of anilines is 3. The molecule has 0 fully saturated rings. The molecule has 0 aliphatic carbocycles. The lowest BCUT2D eigenvalue weighted by atomic mass is 10.1. The predicted molar refractivity (Wildman–Crippen MR) is 95.3 cm³/mol. The second-order valence-electron chi connectivity index (χ2n) is 5.77. The molecule has 2 N–H and O–H groups in total. The number of hydrogen-bond acceptors (Lipinski definition) is 6. The first kappa shape index (κ1) is 15.9. The minimum atomic E-state index is 0.477. The summed E-state index contributed by atoms with van der Waals surface area (Å²) in [7, 11) is 0. The molecule has 1 aromatic carbocycles. The molecule has 3 aromatic rings.